The van der Waals surface area contributed by atoms with Crippen LogP contribution in [0.5, 0.6) is 11.5 Å². The van der Waals surface area contributed by atoms with Gasteiger partial charge in [0.2, 0.25) is 0 Å². The lowest BCUT2D eigenvalue weighted by atomic mass is 10.2. The Morgan fingerprint density at radius 2 is 2.00 bits per heavy atom. The minimum Gasteiger partial charge on any atom is -0.493 e. The quantitative estimate of drug-likeness (QED) is 0.778. The zero-order valence-electron chi connectivity index (χ0n) is 12.9. The highest BCUT2D eigenvalue weighted by atomic mass is 35.5. The van der Waals surface area contributed by atoms with Gasteiger partial charge in [0.1, 0.15) is 0 Å². The molecule has 1 N–H and O–H groups in total. The van der Waals surface area contributed by atoms with Crippen LogP contribution >= 0.6 is 11.6 Å². The van der Waals surface area contributed by atoms with Crippen molar-refractivity contribution in [2.45, 2.75) is 13.5 Å². The molecule has 0 spiro atoms. The average Bonchev–Trinajstić information content (AvgIpc) is 2.83. The fraction of sp³-hybridized carbons (Fsp3) is 0.235. The summed E-state index contributed by atoms with van der Waals surface area (Å²) in [4.78, 5) is 15.0. The number of halogens is 1. The molecule has 0 radical (unpaired) electrons. The molecule has 0 amide bonds. The Morgan fingerprint density at radius 3 is 2.74 bits per heavy atom. The van der Waals surface area contributed by atoms with Crippen LogP contribution in [0, 0.1) is 0 Å². The maximum absolute atomic E-state index is 12.2. The number of benzene rings is 2. The molecule has 0 bridgehead atoms. The fourth-order valence-electron chi connectivity index (χ4n) is 2.56. The fourth-order valence-corrected chi connectivity index (χ4v) is 2.74. The molecule has 2 aromatic carbocycles. The number of aromatic amines is 1. The second-order valence-corrected chi connectivity index (χ2v) is 5.53. The first-order valence-corrected chi connectivity index (χ1v) is 7.68. The molecule has 3 rings (SSSR count). The van der Waals surface area contributed by atoms with E-state index in [0.29, 0.717) is 29.7 Å². The number of hydrogen-bond donors (Lipinski definition) is 1. The number of fused-ring (bicyclic) bond motifs is 1. The topological polar surface area (TPSA) is 56.2 Å². The number of aromatic nitrogens is 2. The van der Waals surface area contributed by atoms with Crippen LogP contribution in [0.4, 0.5) is 0 Å². The van der Waals surface area contributed by atoms with Crippen molar-refractivity contribution in [2.75, 3.05) is 13.7 Å². The molecule has 120 valence electrons. The Bertz CT molecular complexity index is 898. The summed E-state index contributed by atoms with van der Waals surface area (Å²) < 4.78 is 12.5. The molecule has 5 nitrogen and oxygen atoms in total. The molecule has 0 saturated carbocycles. The van der Waals surface area contributed by atoms with Crippen LogP contribution in [-0.2, 0) is 6.54 Å². The minimum atomic E-state index is -0.170. The summed E-state index contributed by atoms with van der Waals surface area (Å²) in [6, 6.07) is 11.0. The van der Waals surface area contributed by atoms with Gasteiger partial charge in [-0.3, -0.25) is 4.57 Å². The molecule has 6 heteroatoms. The van der Waals surface area contributed by atoms with Crippen molar-refractivity contribution < 1.29 is 9.47 Å². The number of nitrogens with one attached hydrogen (secondary N) is 1. The van der Waals surface area contributed by atoms with Gasteiger partial charge in [-0.1, -0.05) is 17.7 Å². The van der Waals surface area contributed by atoms with E-state index in [0.717, 1.165) is 16.6 Å². The predicted molar refractivity (Wildman–Crippen MR) is 90.8 cm³/mol. The van der Waals surface area contributed by atoms with Crippen molar-refractivity contribution in [2.24, 2.45) is 0 Å². The third-order valence-electron chi connectivity index (χ3n) is 3.60. The Hall–Kier alpha value is -2.40. The molecule has 23 heavy (non-hydrogen) atoms. The monoisotopic (exact) mass is 332 g/mol. The lowest BCUT2D eigenvalue weighted by Crippen LogP contribution is -2.17. The minimum absolute atomic E-state index is 0.170. The lowest BCUT2D eigenvalue weighted by Gasteiger charge is -2.11. The smallest absolute Gasteiger partial charge is 0.326 e. The van der Waals surface area contributed by atoms with Gasteiger partial charge in [-0.2, -0.15) is 0 Å². The van der Waals surface area contributed by atoms with Crippen molar-refractivity contribution >= 4 is 22.6 Å². The zero-order valence-corrected chi connectivity index (χ0v) is 13.7. The van der Waals surface area contributed by atoms with Crippen LogP contribution in [0.2, 0.25) is 5.02 Å². The van der Waals surface area contributed by atoms with E-state index in [1.807, 2.05) is 31.2 Å². The number of imidazole rings is 1. The van der Waals surface area contributed by atoms with Gasteiger partial charge in [0.05, 0.1) is 31.3 Å². The summed E-state index contributed by atoms with van der Waals surface area (Å²) in [5.41, 5.74) is 2.32. The zero-order chi connectivity index (χ0) is 16.4. The van der Waals surface area contributed by atoms with E-state index in [9.17, 15) is 4.79 Å². The van der Waals surface area contributed by atoms with Gasteiger partial charge in [0, 0.05) is 5.02 Å². The average molecular weight is 333 g/mol. The third-order valence-corrected chi connectivity index (χ3v) is 3.84. The molecule has 3 aromatic rings. The van der Waals surface area contributed by atoms with Crippen molar-refractivity contribution in [1.29, 1.82) is 0 Å². The molecule has 0 atom stereocenters. The van der Waals surface area contributed by atoms with Crippen molar-refractivity contribution in [3.05, 3.63) is 57.5 Å². The van der Waals surface area contributed by atoms with Crippen LogP contribution in [0.1, 0.15) is 12.5 Å². The van der Waals surface area contributed by atoms with E-state index in [-0.39, 0.29) is 5.69 Å². The Labute approximate surface area is 138 Å². The number of nitrogens with zero attached hydrogens (tertiary/aromatic N) is 1. The highest BCUT2D eigenvalue weighted by Gasteiger charge is 2.10. The summed E-state index contributed by atoms with van der Waals surface area (Å²) in [5.74, 6) is 1.34. The van der Waals surface area contributed by atoms with Gasteiger partial charge in [0.25, 0.3) is 0 Å². The maximum Gasteiger partial charge on any atom is 0.326 e. The van der Waals surface area contributed by atoms with E-state index >= 15 is 0 Å². The first-order chi connectivity index (χ1) is 11.1. The number of hydrogen-bond acceptors (Lipinski definition) is 3. The predicted octanol–water partition coefficient (Wildman–Crippen LogP) is 3.44. The van der Waals surface area contributed by atoms with Gasteiger partial charge in [-0.05, 0) is 42.8 Å². The summed E-state index contributed by atoms with van der Waals surface area (Å²) in [6.45, 7) is 2.90. The van der Waals surface area contributed by atoms with E-state index in [1.54, 1.807) is 23.8 Å². The van der Waals surface area contributed by atoms with Crippen LogP contribution in [0.25, 0.3) is 11.0 Å². The van der Waals surface area contributed by atoms with Gasteiger partial charge in [-0.25, -0.2) is 4.79 Å². The Balaban J connectivity index is 2.00. The molecule has 0 aliphatic carbocycles. The molecule has 1 aromatic heterocycles. The summed E-state index contributed by atoms with van der Waals surface area (Å²) >= 11 is 5.97. The molecule has 0 fully saturated rings. The van der Waals surface area contributed by atoms with E-state index in [1.165, 1.54) is 0 Å². The lowest BCUT2D eigenvalue weighted by molar-refractivity contribution is 0.310. The summed E-state index contributed by atoms with van der Waals surface area (Å²) in [6.07, 6.45) is 0. The highest BCUT2D eigenvalue weighted by Crippen LogP contribution is 2.28. The second-order valence-electron chi connectivity index (χ2n) is 5.10. The van der Waals surface area contributed by atoms with E-state index in [4.69, 9.17) is 21.1 Å². The SMILES string of the molecule is CCOc1cc(Cn2c(=O)[nH]c3cc(Cl)ccc32)ccc1OC. The number of ether oxygens (including phenoxy) is 2. The van der Waals surface area contributed by atoms with Crippen LogP contribution in [0.15, 0.2) is 41.2 Å². The Kier molecular flexibility index (Phi) is 4.30. The molecular formula is C17H17ClN2O3. The molecule has 0 saturated heterocycles. The van der Waals surface area contributed by atoms with E-state index in [2.05, 4.69) is 4.98 Å². The normalized spacial score (nSPS) is 10.9. The highest BCUT2D eigenvalue weighted by molar-refractivity contribution is 6.31. The van der Waals surface area contributed by atoms with Crippen molar-refractivity contribution in [3.8, 4) is 11.5 Å². The second kappa shape index (κ2) is 6.38. The standard InChI is InChI=1S/C17H17ClN2O3/c1-3-23-16-8-11(4-7-15(16)22-2)10-20-14-6-5-12(18)9-13(14)19-17(20)21/h4-9H,3,10H2,1-2H3,(H,19,21). The summed E-state index contributed by atoms with van der Waals surface area (Å²) in [5, 5.41) is 0.592. The van der Waals surface area contributed by atoms with Gasteiger partial charge in [0.15, 0.2) is 11.5 Å². The van der Waals surface area contributed by atoms with Gasteiger partial charge >= 0.3 is 5.69 Å². The molecule has 0 unspecified atom stereocenters. The van der Waals surface area contributed by atoms with E-state index < -0.39 is 0 Å². The number of rotatable bonds is 5. The number of methoxy groups -OCH3 is 1. The molecule has 1 heterocycles. The van der Waals surface area contributed by atoms with Crippen LogP contribution < -0.4 is 15.2 Å². The summed E-state index contributed by atoms with van der Waals surface area (Å²) in [7, 11) is 1.60. The van der Waals surface area contributed by atoms with Crippen LogP contribution in [0.3, 0.4) is 0 Å². The number of H-pyrrole nitrogens is 1. The van der Waals surface area contributed by atoms with Crippen LogP contribution in [-0.4, -0.2) is 23.3 Å². The van der Waals surface area contributed by atoms with Crippen molar-refractivity contribution in [3.63, 3.8) is 0 Å². The molecule has 0 aliphatic rings. The maximum atomic E-state index is 12.2. The van der Waals surface area contributed by atoms with Gasteiger partial charge < -0.3 is 14.5 Å². The third kappa shape index (κ3) is 3.05. The molecular weight excluding hydrogens is 316 g/mol. The molecule has 0 aliphatic heterocycles. The first-order valence-electron chi connectivity index (χ1n) is 7.30. The van der Waals surface area contributed by atoms with Crippen molar-refractivity contribution in [1.82, 2.24) is 9.55 Å². The van der Waals surface area contributed by atoms with Gasteiger partial charge in [-0.15, -0.1) is 0 Å². The Morgan fingerprint density at radius 1 is 1.17 bits per heavy atom. The largest absolute Gasteiger partial charge is 0.493 e. The first kappa shape index (κ1) is 15.5.